The van der Waals surface area contributed by atoms with E-state index in [1.165, 1.54) is 6.42 Å². The van der Waals surface area contributed by atoms with Gasteiger partial charge in [0, 0.05) is 12.1 Å². The van der Waals surface area contributed by atoms with Crippen molar-refractivity contribution in [2.45, 2.75) is 57.1 Å². The molecular weight excluding hydrogens is 202 g/mol. The van der Waals surface area contributed by atoms with Crippen molar-refractivity contribution < 1.29 is 9.84 Å². The minimum atomic E-state index is -0.797. The average Bonchev–Trinajstić information content (AvgIpc) is 2.16. The van der Waals surface area contributed by atoms with Crippen molar-refractivity contribution >= 4 is 0 Å². The molecule has 3 N–H and O–H groups in total. The zero-order valence-electron chi connectivity index (χ0n) is 10.5. The second-order valence-corrected chi connectivity index (χ2v) is 6.20. The third-order valence-corrected chi connectivity index (χ3v) is 4.38. The highest BCUT2D eigenvalue weighted by Gasteiger charge is 2.51. The fraction of sp³-hybridized carbons (Fsp3) is 1.00. The summed E-state index contributed by atoms with van der Waals surface area (Å²) in [5.74, 6) is 1.22. The molecule has 0 bridgehead atoms. The van der Waals surface area contributed by atoms with Crippen LogP contribution in [0.25, 0.3) is 0 Å². The van der Waals surface area contributed by atoms with Gasteiger partial charge in [-0.1, -0.05) is 13.8 Å². The van der Waals surface area contributed by atoms with Gasteiger partial charge in [0.25, 0.3) is 0 Å². The molecule has 94 valence electrons. The van der Waals surface area contributed by atoms with Crippen LogP contribution in [0.15, 0.2) is 0 Å². The van der Waals surface area contributed by atoms with Crippen LogP contribution < -0.4 is 5.73 Å². The Balaban J connectivity index is 2.15. The van der Waals surface area contributed by atoms with E-state index in [9.17, 15) is 5.11 Å². The molecule has 0 aromatic rings. The van der Waals surface area contributed by atoms with Gasteiger partial charge >= 0.3 is 0 Å². The molecule has 3 atom stereocenters. The van der Waals surface area contributed by atoms with Crippen molar-refractivity contribution in [3.63, 3.8) is 0 Å². The van der Waals surface area contributed by atoms with Gasteiger partial charge in [-0.2, -0.15) is 0 Å². The highest BCUT2D eigenvalue weighted by molar-refractivity contribution is 5.07. The molecule has 1 saturated carbocycles. The Bertz CT molecular complexity index is 238. The minimum absolute atomic E-state index is 0.420. The van der Waals surface area contributed by atoms with Crippen LogP contribution in [0.1, 0.15) is 46.0 Å². The lowest BCUT2D eigenvalue weighted by Gasteiger charge is -2.51. The van der Waals surface area contributed by atoms with Gasteiger partial charge in [0.05, 0.1) is 6.61 Å². The van der Waals surface area contributed by atoms with Gasteiger partial charge in [-0.3, -0.25) is 0 Å². The summed E-state index contributed by atoms with van der Waals surface area (Å²) in [5, 5.41) is 10.7. The van der Waals surface area contributed by atoms with E-state index in [4.69, 9.17) is 10.5 Å². The lowest BCUT2D eigenvalue weighted by molar-refractivity contribution is -0.145. The van der Waals surface area contributed by atoms with Crippen molar-refractivity contribution in [1.82, 2.24) is 0 Å². The van der Waals surface area contributed by atoms with Crippen LogP contribution in [0.2, 0.25) is 0 Å². The van der Waals surface area contributed by atoms with Crippen molar-refractivity contribution in [2.75, 3.05) is 13.2 Å². The van der Waals surface area contributed by atoms with Gasteiger partial charge in [-0.05, 0) is 43.9 Å². The second-order valence-electron chi connectivity index (χ2n) is 6.20. The van der Waals surface area contributed by atoms with Crippen LogP contribution in [0, 0.1) is 11.8 Å². The van der Waals surface area contributed by atoms with Crippen molar-refractivity contribution in [3.8, 4) is 0 Å². The number of nitrogens with two attached hydrogens (primary N) is 1. The molecule has 1 aliphatic carbocycles. The summed E-state index contributed by atoms with van der Waals surface area (Å²) in [5.41, 5.74) is 5.28. The molecule has 0 spiro atoms. The first-order valence-electron chi connectivity index (χ1n) is 6.54. The summed E-state index contributed by atoms with van der Waals surface area (Å²) in [6, 6.07) is 0. The maximum absolute atomic E-state index is 10.7. The van der Waals surface area contributed by atoms with E-state index in [0.29, 0.717) is 18.4 Å². The van der Waals surface area contributed by atoms with Crippen LogP contribution in [0.3, 0.4) is 0 Å². The number of hydrogen-bond donors (Lipinski definition) is 2. The van der Waals surface area contributed by atoms with Crippen molar-refractivity contribution in [3.05, 3.63) is 0 Å². The molecule has 1 aliphatic heterocycles. The number of aliphatic hydroxyl groups is 1. The van der Waals surface area contributed by atoms with E-state index in [2.05, 4.69) is 13.8 Å². The Morgan fingerprint density at radius 2 is 1.88 bits per heavy atom. The molecule has 0 aromatic heterocycles. The minimum Gasteiger partial charge on any atom is -0.386 e. The van der Waals surface area contributed by atoms with Crippen LogP contribution in [-0.2, 0) is 4.74 Å². The number of hydrogen-bond acceptors (Lipinski definition) is 3. The van der Waals surface area contributed by atoms with Gasteiger partial charge in [0.2, 0.25) is 0 Å². The Labute approximate surface area is 98.4 Å². The monoisotopic (exact) mass is 227 g/mol. The molecular formula is C13H25NO2. The summed E-state index contributed by atoms with van der Waals surface area (Å²) < 4.78 is 5.44. The fourth-order valence-electron chi connectivity index (χ4n) is 3.73. The molecule has 3 unspecified atom stereocenters. The van der Waals surface area contributed by atoms with Gasteiger partial charge in [-0.15, -0.1) is 0 Å². The van der Waals surface area contributed by atoms with Crippen molar-refractivity contribution in [1.29, 1.82) is 0 Å². The van der Waals surface area contributed by atoms with Crippen molar-refractivity contribution in [2.24, 2.45) is 17.6 Å². The Morgan fingerprint density at radius 1 is 1.25 bits per heavy atom. The standard InChI is InChI=1S/C13H25NO2/c1-10-6-11(2)8-12(14,7-10)13(15)4-3-5-16-9-13/h10-11,15H,3-9,14H2,1-2H3. The Kier molecular flexibility index (Phi) is 3.30. The van der Waals surface area contributed by atoms with Gasteiger partial charge in [0.15, 0.2) is 0 Å². The van der Waals surface area contributed by atoms with Gasteiger partial charge in [0.1, 0.15) is 5.60 Å². The third-order valence-electron chi connectivity index (χ3n) is 4.38. The molecule has 2 aliphatic rings. The second kappa shape index (κ2) is 4.28. The van der Waals surface area contributed by atoms with Crippen LogP contribution in [-0.4, -0.2) is 29.5 Å². The topological polar surface area (TPSA) is 55.5 Å². The first-order chi connectivity index (χ1) is 7.45. The van der Waals surface area contributed by atoms with Crippen LogP contribution in [0.4, 0.5) is 0 Å². The van der Waals surface area contributed by atoms with E-state index in [0.717, 1.165) is 32.3 Å². The molecule has 3 nitrogen and oxygen atoms in total. The molecule has 0 radical (unpaired) electrons. The zero-order valence-corrected chi connectivity index (χ0v) is 10.5. The lowest BCUT2D eigenvalue weighted by Crippen LogP contribution is -2.66. The highest BCUT2D eigenvalue weighted by Crippen LogP contribution is 2.43. The molecule has 1 saturated heterocycles. The summed E-state index contributed by atoms with van der Waals surface area (Å²) in [4.78, 5) is 0. The summed E-state index contributed by atoms with van der Waals surface area (Å²) in [7, 11) is 0. The first-order valence-corrected chi connectivity index (χ1v) is 6.54. The Hall–Kier alpha value is -0.120. The van der Waals surface area contributed by atoms with E-state index >= 15 is 0 Å². The molecule has 2 rings (SSSR count). The van der Waals surface area contributed by atoms with Crippen LogP contribution >= 0.6 is 0 Å². The maximum Gasteiger partial charge on any atom is 0.106 e. The highest BCUT2D eigenvalue weighted by atomic mass is 16.5. The number of rotatable bonds is 1. The lowest BCUT2D eigenvalue weighted by atomic mass is 9.63. The van der Waals surface area contributed by atoms with Gasteiger partial charge < -0.3 is 15.6 Å². The van der Waals surface area contributed by atoms with Gasteiger partial charge in [-0.25, -0.2) is 0 Å². The molecule has 0 aromatic carbocycles. The van der Waals surface area contributed by atoms with Crippen LogP contribution in [0.5, 0.6) is 0 Å². The van der Waals surface area contributed by atoms with E-state index < -0.39 is 11.1 Å². The summed E-state index contributed by atoms with van der Waals surface area (Å²) in [6.45, 7) is 5.67. The zero-order chi connectivity index (χ0) is 11.8. The fourth-order valence-corrected chi connectivity index (χ4v) is 3.73. The average molecular weight is 227 g/mol. The normalized spacial score (nSPS) is 50.2. The summed E-state index contributed by atoms with van der Waals surface area (Å²) >= 11 is 0. The summed E-state index contributed by atoms with van der Waals surface area (Å²) in [6.07, 6.45) is 4.81. The van der Waals surface area contributed by atoms with E-state index in [1.54, 1.807) is 0 Å². The quantitative estimate of drug-likeness (QED) is 0.716. The third kappa shape index (κ3) is 2.13. The molecule has 2 fully saturated rings. The predicted octanol–water partition coefficient (Wildman–Crippen LogP) is 1.68. The largest absolute Gasteiger partial charge is 0.386 e. The van der Waals surface area contributed by atoms with E-state index in [1.807, 2.05) is 0 Å². The molecule has 0 amide bonds. The molecule has 1 heterocycles. The van der Waals surface area contributed by atoms with E-state index in [-0.39, 0.29) is 0 Å². The first kappa shape index (κ1) is 12.3. The SMILES string of the molecule is CC1CC(C)CC(N)(C2(O)CCCOC2)C1. The smallest absolute Gasteiger partial charge is 0.106 e. The molecule has 3 heteroatoms. The predicted molar refractivity (Wildman–Crippen MR) is 64.1 cm³/mol. The Morgan fingerprint density at radius 3 is 2.38 bits per heavy atom. The molecule has 16 heavy (non-hydrogen) atoms. The maximum atomic E-state index is 10.7. The number of ether oxygens (including phenoxy) is 1.